The van der Waals surface area contributed by atoms with Gasteiger partial charge in [0.05, 0.1) is 81.8 Å². The van der Waals surface area contributed by atoms with Crippen molar-refractivity contribution in [1.29, 1.82) is 0 Å². The molecule has 0 unspecified atom stereocenters. The molecule has 4 aromatic carbocycles. The first-order valence-corrected chi connectivity index (χ1v) is 42.7. The van der Waals surface area contributed by atoms with Gasteiger partial charge in [-0.1, -0.05) is 55.2 Å². The molecule has 16 heterocycles. The fraction of sp³-hybridized carbons (Fsp3) is 0.455. The Balaban J connectivity index is 0.000000135. The maximum Gasteiger partial charge on any atom is 1.00 e. The number of fused-ring (bicyclic) bond motifs is 4. The molecule has 20 rings (SSSR count). The molecule has 0 atom stereocenters. The quantitative estimate of drug-likeness (QED) is 0.0781. The van der Waals surface area contributed by atoms with E-state index in [0.717, 1.165) is 46.2 Å². The summed E-state index contributed by atoms with van der Waals surface area (Å²) in [6.07, 6.45) is 7.79. The second-order valence-electron chi connectivity index (χ2n) is 32.0. The van der Waals surface area contributed by atoms with Crippen LogP contribution in [0.15, 0.2) is 90.2 Å². The number of piperidine rings is 4. The number of ether oxygens (including phenoxy) is 8. The zero-order chi connectivity index (χ0) is 88.5. The molecular formula is C88H95BBrF8KN16O13. The predicted molar refractivity (Wildman–Crippen MR) is 459 cm³/mol. The van der Waals surface area contributed by atoms with Gasteiger partial charge in [-0.3, -0.25) is 13.0 Å². The molecule has 0 amide bonds. The van der Waals surface area contributed by atoms with E-state index in [4.69, 9.17) is 75.9 Å². The standard InChI is InChI=1S/C22H24F2N4O3.C22H25FN4O4.C22H23FN4O3.C20H20BrFN4O3.C2H3BF2.FH.K/c1-13-16-11-15(3-6-23)12-17(24)19(16)26-20(18(13)21-25-14(2)27-31-21)28-7-4-22(5-8-28)29-9-10-30-22;1-13-16-11-15(3-8-28)12-17(23)19(16)25-20(18(13)21-24-14(2)26-31-21)27-6-4-22(5-7-27)29-9-10-30-22;1-4-15-11-16-13(2)18(21-24-14(3)26-30-21)20(25-19(16)17(23)12-15)27-7-5-22(6-8-27)28-9-10-29-22;1-11-14-9-13(21)10-15(22)17(14)24-18(16(11)19-23-12(2)25-29-19)26-5-3-20(4-6-26)27-7-8-28-20;1-2-3(4)5;;/h11-12H,3-10H2,1-2H3;11-12,28H,3-10H2,1-2H3;4,11-12H,1,5-10H2,2-3H3;9-10H,3-8H2,1-2H3;2H,1H2;1H;/q;;;;;;+1/p-1. The summed E-state index contributed by atoms with van der Waals surface area (Å²) in [6, 6.07) is 13.1. The van der Waals surface area contributed by atoms with Crippen LogP contribution in [-0.4, -0.2) is 215 Å². The van der Waals surface area contributed by atoms with Gasteiger partial charge in [0.1, 0.15) is 62.8 Å². The summed E-state index contributed by atoms with van der Waals surface area (Å²) in [4.78, 5) is 45.1. The van der Waals surface area contributed by atoms with Crippen LogP contribution in [0.4, 0.5) is 53.9 Å². The number of hydrogen-bond donors (Lipinski definition) is 1. The molecule has 29 nitrogen and oxygen atoms in total. The molecule has 8 aromatic heterocycles. The molecule has 0 saturated carbocycles. The molecule has 4 spiro atoms. The third-order valence-corrected chi connectivity index (χ3v) is 24.4. The van der Waals surface area contributed by atoms with Crippen molar-refractivity contribution in [2.24, 2.45) is 0 Å². The Labute approximate surface area is 782 Å². The van der Waals surface area contributed by atoms with Gasteiger partial charge >= 0.3 is 58.7 Å². The summed E-state index contributed by atoms with van der Waals surface area (Å²) in [5.74, 6) is 2.97. The summed E-state index contributed by atoms with van der Waals surface area (Å²) < 4.78 is 163. The number of halogens is 9. The zero-order valence-electron chi connectivity index (χ0n) is 72.5. The first kappa shape index (κ1) is 95.1. The summed E-state index contributed by atoms with van der Waals surface area (Å²) in [6.45, 7) is 30.9. The number of nitrogens with zero attached hydrogens (tertiary/aromatic N) is 16. The van der Waals surface area contributed by atoms with Crippen molar-refractivity contribution in [2.75, 3.05) is 138 Å². The van der Waals surface area contributed by atoms with Crippen LogP contribution in [0.2, 0.25) is 0 Å². The number of aryl methyl sites for hydroxylation is 9. The minimum Gasteiger partial charge on any atom is -1.00 e. The first-order chi connectivity index (χ1) is 60.7. The van der Waals surface area contributed by atoms with E-state index in [1.807, 2.05) is 45.9 Å². The van der Waals surface area contributed by atoms with E-state index in [1.165, 1.54) is 24.3 Å². The van der Waals surface area contributed by atoms with Crippen LogP contribution in [0.5, 0.6) is 0 Å². The molecule has 8 aliphatic rings. The van der Waals surface area contributed by atoms with Gasteiger partial charge in [0.15, 0.2) is 52.3 Å². The van der Waals surface area contributed by atoms with Crippen molar-refractivity contribution in [1.82, 2.24) is 60.5 Å². The van der Waals surface area contributed by atoms with E-state index < -0.39 is 48.7 Å². The van der Waals surface area contributed by atoms with Gasteiger partial charge in [0, 0.05) is 143 Å². The maximum absolute atomic E-state index is 15.0. The summed E-state index contributed by atoms with van der Waals surface area (Å²) in [7, 11) is -2.35. The summed E-state index contributed by atoms with van der Waals surface area (Å²) >= 11 is 3.37. The number of anilines is 4. The van der Waals surface area contributed by atoms with Crippen LogP contribution < -0.4 is 75.7 Å². The van der Waals surface area contributed by atoms with Crippen molar-refractivity contribution >= 4 is 96.2 Å². The first-order valence-electron chi connectivity index (χ1n) is 41.9. The van der Waals surface area contributed by atoms with Crippen molar-refractivity contribution in [3.63, 3.8) is 0 Å². The second-order valence-corrected chi connectivity index (χ2v) is 32.9. The number of aliphatic hydroxyl groups excluding tert-OH is 1. The van der Waals surface area contributed by atoms with E-state index >= 15 is 4.39 Å². The summed E-state index contributed by atoms with van der Waals surface area (Å²) in [5.41, 5.74) is 9.33. The number of hydrogen-bond acceptors (Lipinski definition) is 29. The third kappa shape index (κ3) is 19.9. The fourth-order valence-electron chi connectivity index (χ4n) is 17.5. The molecule has 0 radical (unpaired) electrons. The monoisotopic (exact) mass is 1860 g/mol. The van der Waals surface area contributed by atoms with E-state index in [1.54, 1.807) is 39.8 Å². The Morgan fingerprint density at radius 2 is 0.656 bits per heavy atom. The van der Waals surface area contributed by atoms with Crippen molar-refractivity contribution in [3.8, 4) is 45.8 Å². The van der Waals surface area contributed by atoms with Crippen LogP contribution >= 0.6 is 15.9 Å². The molecule has 128 heavy (non-hydrogen) atoms. The Morgan fingerprint density at radius 1 is 0.398 bits per heavy atom. The number of aromatic nitrogens is 12. The normalized spacial score (nSPS) is 17.8. The predicted octanol–water partition coefficient (Wildman–Crippen LogP) is 10.1. The molecule has 12 aromatic rings. The number of pyridine rings is 4. The van der Waals surface area contributed by atoms with Gasteiger partial charge in [0.25, 0.3) is 23.6 Å². The molecule has 0 aliphatic carbocycles. The molecule has 8 aliphatic heterocycles. The third-order valence-electron chi connectivity index (χ3n) is 24.0. The van der Waals surface area contributed by atoms with Crippen LogP contribution in [0.25, 0.3) is 95.5 Å². The summed E-state index contributed by atoms with van der Waals surface area (Å²) in [5, 5.41) is 27.8. The van der Waals surface area contributed by atoms with Gasteiger partial charge in [-0.15, -0.1) is 6.58 Å². The molecule has 40 heteroatoms. The second kappa shape index (κ2) is 40.4. The topological polar surface area (TPSA) is 314 Å². The minimum atomic E-state index is -2.35. The Kier molecular flexibility index (Phi) is 30.0. The van der Waals surface area contributed by atoms with Crippen molar-refractivity contribution < 1.29 is 148 Å². The van der Waals surface area contributed by atoms with Crippen LogP contribution in [0.1, 0.15) is 114 Å². The van der Waals surface area contributed by atoms with Crippen LogP contribution in [0, 0.1) is 78.7 Å². The Bertz CT molecular complexity index is 5830. The number of aliphatic hydroxyl groups is 1. The van der Waals surface area contributed by atoms with E-state index in [0.29, 0.717) is 297 Å². The van der Waals surface area contributed by atoms with E-state index in [2.05, 4.69) is 89.3 Å². The molecule has 8 fully saturated rings. The van der Waals surface area contributed by atoms with Gasteiger partial charge in [-0.2, -0.15) is 19.9 Å². The minimum absolute atomic E-state index is 0. The molecule has 8 saturated heterocycles. The van der Waals surface area contributed by atoms with Crippen molar-refractivity contribution in [2.45, 2.75) is 143 Å². The fourth-order valence-corrected chi connectivity index (χ4v) is 17.9. The number of benzene rings is 4. The van der Waals surface area contributed by atoms with Crippen LogP contribution in [-0.2, 0) is 50.7 Å². The van der Waals surface area contributed by atoms with Gasteiger partial charge < -0.3 is 85.4 Å². The number of rotatable bonds is 14. The smallest absolute Gasteiger partial charge is 1.00 e. The van der Waals surface area contributed by atoms with Crippen molar-refractivity contribution in [3.05, 3.63) is 158 Å². The van der Waals surface area contributed by atoms with E-state index in [9.17, 15) is 31.3 Å². The van der Waals surface area contributed by atoms with Crippen LogP contribution in [0.3, 0.4) is 0 Å². The average Bonchev–Trinajstić information content (AvgIpc) is 1.22. The van der Waals surface area contributed by atoms with Gasteiger partial charge in [-0.05, 0) is 149 Å². The largest absolute Gasteiger partial charge is 1.00 e. The molecular weight excluding hydrogens is 1770 g/mol. The van der Waals surface area contributed by atoms with E-state index in [-0.39, 0.29) is 86.3 Å². The molecule has 0 bridgehead atoms. The average molecular weight is 1870 g/mol. The maximum atomic E-state index is 15.0. The zero-order valence-corrected chi connectivity index (χ0v) is 77.2. The molecule has 1 N–H and O–H groups in total. The Hall–Kier alpha value is -8.98. The molecule has 672 valence electrons. The number of alkyl halides is 1. The Morgan fingerprint density at radius 3 is 0.906 bits per heavy atom. The van der Waals surface area contributed by atoms with Gasteiger partial charge in [-0.25, -0.2) is 37.5 Å². The van der Waals surface area contributed by atoms with Gasteiger partial charge in [0.2, 0.25) is 0 Å². The SMILES string of the molecule is C=CB(F)F.C=Cc1cc(F)c2nc(N3CCC4(CC3)OCCO4)c(-c3nc(C)no3)c(C)c2c1.Cc1noc(-c2c(N3CCC4(CC3)OCCO4)nc3c(F)cc(Br)cc3c2C)n1.Cc1noc(-c2c(N3CCC4(CC3)OCCO4)nc3c(F)cc(CCF)cc3c2C)n1.Cc1noc(-c2c(N3CCC4(CC3)OCCO4)nc3c(F)cc(CCO)cc3c2C)n1.[F-].[K+].